The molecule has 1 unspecified atom stereocenters. The molecule has 2 rings (SSSR count). The van der Waals surface area contributed by atoms with Gasteiger partial charge in [0, 0.05) is 0 Å². The smallest absolute Gasteiger partial charge is 0.0934 e. The van der Waals surface area contributed by atoms with Crippen LogP contribution in [0.2, 0.25) is 0 Å². The van der Waals surface area contributed by atoms with Gasteiger partial charge in [0.05, 0.1) is 12.5 Å². The Morgan fingerprint density at radius 1 is 1.18 bits per heavy atom. The van der Waals surface area contributed by atoms with Crippen LogP contribution in [0.25, 0.3) is 0 Å². The van der Waals surface area contributed by atoms with Gasteiger partial charge in [-0.1, -0.05) is 29.8 Å². The molecule has 90 valence electrons. The number of furan rings is 1. The van der Waals surface area contributed by atoms with Crippen LogP contribution in [-0.2, 0) is 12.8 Å². The molecule has 2 nitrogen and oxygen atoms in total. The fraction of sp³-hybridized carbons (Fsp3) is 0.333. The molecule has 2 aromatic rings. The van der Waals surface area contributed by atoms with Gasteiger partial charge in [0.2, 0.25) is 0 Å². The number of nitrogens with two attached hydrogens (primary N) is 1. The fourth-order valence-corrected chi connectivity index (χ4v) is 2.15. The lowest BCUT2D eigenvalue weighted by atomic mass is 9.93. The summed E-state index contributed by atoms with van der Waals surface area (Å²) in [6, 6.07) is 10.6. The van der Waals surface area contributed by atoms with Crippen molar-refractivity contribution in [1.82, 2.24) is 0 Å². The molecule has 1 aromatic heterocycles. The molecule has 0 fully saturated rings. The van der Waals surface area contributed by atoms with Crippen LogP contribution in [-0.4, -0.2) is 6.54 Å². The summed E-state index contributed by atoms with van der Waals surface area (Å²) in [5.41, 5.74) is 9.75. The molecule has 1 atom stereocenters. The lowest BCUT2D eigenvalue weighted by molar-refractivity contribution is 0.521. The van der Waals surface area contributed by atoms with E-state index in [2.05, 4.69) is 31.2 Å². The van der Waals surface area contributed by atoms with Crippen molar-refractivity contribution < 1.29 is 4.42 Å². The second-order valence-corrected chi connectivity index (χ2v) is 4.63. The van der Waals surface area contributed by atoms with Gasteiger partial charge in [-0.3, -0.25) is 0 Å². The largest absolute Gasteiger partial charge is 0.472 e. The van der Waals surface area contributed by atoms with Crippen LogP contribution < -0.4 is 5.73 Å². The Bertz CT molecular complexity index is 448. The van der Waals surface area contributed by atoms with Gasteiger partial charge in [0.15, 0.2) is 0 Å². The van der Waals surface area contributed by atoms with E-state index in [4.69, 9.17) is 10.2 Å². The topological polar surface area (TPSA) is 39.2 Å². The Labute approximate surface area is 102 Å². The summed E-state index contributed by atoms with van der Waals surface area (Å²) in [5.74, 6) is 0.481. The minimum atomic E-state index is 0.481. The average molecular weight is 229 g/mol. The Balaban J connectivity index is 2.00. The third-order valence-corrected chi connectivity index (χ3v) is 3.04. The fourth-order valence-electron chi connectivity index (χ4n) is 2.15. The van der Waals surface area contributed by atoms with Crippen LogP contribution in [0.3, 0.4) is 0 Å². The van der Waals surface area contributed by atoms with Gasteiger partial charge in [0.25, 0.3) is 0 Å². The highest BCUT2D eigenvalue weighted by atomic mass is 16.3. The summed E-state index contributed by atoms with van der Waals surface area (Å²) in [6.45, 7) is 2.83. The lowest BCUT2D eigenvalue weighted by Crippen LogP contribution is -2.19. The third-order valence-electron chi connectivity index (χ3n) is 3.04. The Hall–Kier alpha value is -1.54. The van der Waals surface area contributed by atoms with Crippen molar-refractivity contribution in [3.05, 3.63) is 59.5 Å². The zero-order valence-corrected chi connectivity index (χ0v) is 10.2. The Morgan fingerprint density at radius 3 is 2.65 bits per heavy atom. The lowest BCUT2D eigenvalue weighted by Gasteiger charge is -2.14. The van der Waals surface area contributed by atoms with E-state index in [1.807, 2.05) is 6.07 Å². The zero-order valence-electron chi connectivity index (χ0n) is 10.2. The first-order chi connectivity index (χ1) is 8.28. The standard InChI is InChI=1S/C15H19NO/c1-12-3-2-4-13(7-12)8-15(10-16)9-14-5-6-17-11-14/h2-7,11,15H,8-10,16H2,1H3. The molecule has 0 aliphatic heterocycles. The maximum Gasteiger partial charge on any atom is 0.0934 e. The number of aryl methyl sites for hydroxylation is 1. The molecular weight excluding hydrogens is 210 g/mol. The summed E-state index contributed by atoms with van der Waals surface area (Å²) in [5, 5.41) is 0. The molecule has 0 saturated heterocycles. The molecule has 17 heavy (non-hydrogen) atoms. The number of rotatable bonds is 5. The Morgan fingerprint density at radius 2 is 2.00 bits per heavy atom. The van der Waals surface area contributed by atoms with Crippen LogP contribution in [0.15, 0.2) is 47.3 Å². The average Bonchev–Trinajstić information content (AvgIpc) is 2.81. The normalized spacial score (nSPS) is 12.6. The molecule has 0 bridgehead atoms. The number of hydrogen-bond donors (Lipinski definition) is 1. The van der Waals surface area contributed by atoms with E-state index in [1.165, 1.54) is 16.7 Å². The molecule has 2 heteroatoms. The van der Waals surface area contributed by atoms with Gasteiger partial charge >= 0.3 is 0 Å². The van der Waals surface area contributed by atoms with Crippen molar-refractivity contribution >= 4 is 0 Å². The van der Waals surface area contributed by atoms with E-state index in [0.717, 1.165) is 12.8 Å². The quantitative estimate of drug-likeness (QED) is 0.856. The highest BCUT2D eigenvalue weighted by Crippen LogP contribution is 2.15. The zero-order chi connectivity index (χ0) is 12.1. The predicted molar refractivity (Wildman–Crippen MR) is 69.8 cm³/mol. The number of hydrogen-bond acceptors (Lipinski definition) is 2. The first-order valence-electron chi connectivity index (χ1n) is 6.04. The SMILES string of the molecule is Cc1cccc(CC(CN)Cc2ccoc2)c1. The molecule has 0 amide bonds. The van der Waals surface area contributed by atoms with Gasteiger partial charge in [-0.2, -0.15) is 0 Å². The summed E-state index contributed by atoms with van der Waals surface area (Å²) >= 11 is 0. The minimum Gasteiger partial charge on any atom is -0.472 e. The summed E-state index contributed by atoms with van der Waals surface area (Å²) in [6.07, 6.45) is 5.54. The number of benzene rings is 1. The maximum atomic E-state index is 5.84. The molecule has 0 aliphatic carbocycles. The second kappa shape index (κ2) is 5.69. The van der Waals surface area contributed by atoms with Crippen LogP contribution >= 0.6 is 0 Å². The molecule has 2 N–H and O–H groups in total. The molecule has 1 aromatic carbocycles. The van der Waals surface area contributed by atoms with E-state index in [0.29, 0.717) is 12.5 Å². The summed E-state index contributed by atoms with van der Waals surface area (Å²) in [4.78, 5) is 0. The van der Waals surface area contributed by atoms with Gasteiger partial charge in [-0.05, 0) is 49.4 Å². The first kappa shape index (κ1) is 11.9. The monoisotopic (exact) mass is 229 g/mol. The highest BCUT2D eigenvalue weighted by molar-refractivity contribution is 5.23. The van der Waals surface area contributed by atoms with Crippen molar-refractivity contribution in [2.75, 3.05) is 6.54 Å². The van der Waals surface area contributed by atoms with E-state index < -0.39 is 0 Å². The van der Waals surface area contributed by atoms with E-state index in [1.54, 1.807) is 12.5 Å². The van der Waals surface area contributed by atoms with Crippen LogP contribution in [0.1, 0.15) is 16.7 Å². The molecule has 0 radical (unpaired) electrons. The van der Waals surface area contributed by atoms with Gasteiger partial charge in [-0.15, -0.1) is 0 Å². The summed E-state index contributed by atoms with van der Waals surface area (Å²) in [7, 11) is 0. The predicted octanol–water partition coefficient (Wildman–Crippen LogP) is 2.95. The van der Waals surface area contributed by atoms with Gasteiger partial charge in [-0.25, -0.2) is 0 Å². The Kier molecular flexibility index (Phi) is 3.99. The van der Waals surface area contributed by atoms with Crippen molar-refractivity contribution in [1.29, 1.82) is 0 Å². The van der Waals surface area contributed by atoms with E-state index in [9.17, 15) is 0 Å². The second-order valence-electron chi connectivity index (χ2n) is 4.63. The first-order valence-corrected chi connectivity index (χ1v) is 6.04. The molecule has 1 heterocycles. The molecule has 0 saturated carbocycles. The van der Waals surface area contributed by atoms with Crippen molar-refractivity contribution in [2.45, 2.75) is 19.8 Å². The molecule has 0 spiro atoms. The van der Waals surface area contributed by atoms with Crippen LogP contribution in [0.4, 0.5) is 0 Å². The van der Waals surface area contributed by atoms with Crippen LogP contribution in [0, 0.1) is 12.8 Å². The summed E-state index contributed by atoms with van der Waals surface area (Å²) < 4.78 is 5.09. The van der Waals surface area contributed by atoms with Crippen molar-refractivity contribution in [3.8, 4) is 0 Å². The highest BCUT2D eigenvalue weighted by Gasteiger charge is 2.09. The van der Waals surface area contributed by atoms with Crippen LogP contribution in [0.5, 0.6) is 0 Å². The molecular formula is C15H19NO. The van der Waals surface area contributed by atoms with E-state index in [-0.39, 0.29) is 0 Å². The van der Waals surface area contributed by atoms with Gasteiger partial charge < -0.3 is 10.2 Å². The van der Waals surface area contributed by atoms with Gasteiger partial charge in [0.1, 0.15) is 0 Å². The minimum absolute atomic E-state index is 0.481. The van der Waals surface area contributed by atoms with E-state index >= 15 is 0 Å². The molecule has 0 aliphatic rings. The van der Waals surface area contributed by atoms with Crippen molar-refractivity contribution in [2.24, 2.45) is 11.7 Å². The van der Waals surface area contributed by atoms with Crippen molar-refractivity contribution in [3.63, 3.8) is 0 Å². The maximum absolute atomic E-state index is 5.84. The third kappa shape index (κ3) is 3.46.